The van der Waals surface area contributed by atoms with Crippen LogP contribution in [-0.4, -0.2) is 30.7 Å². The Balaban J connectivity index is 1.70. The molecule has 0 unspecified atom stereocenters. The van der Waals surface area contributed by atoms with Gasteiger partial charge in [0, 0.05) is 41.5 Å². The van der Waals surface area contributed by atoms with Gasteiger partial charge >= 0.3 is 0 Å². The Bertz CT molecular complexity index is 1320. The average molecular weight is 392 g/mol. The van der Waals surface area contributed by atoms with Crippen molar-refractivity contribution in [2.24, 2.45) is 5.16 Å². The molecule has 1 aliphatic carbocycles. The topological polar surface area (TPSA) is 80.5 Å². The predicted molar refractivity (Wildman–Crippen MR) is 113 cm³/mol. The summed E-state index contributed by atoms with van der Waals surface area (Å²) in [4.78, 5) is 12.1. The van der Waals surface area contributed by atoms with E-state index in [1.807, 2.05) is 30.5 Å². The van der Waals surface area contributed by atoms with Crippen LogP contribution in [-0.2, 0) is 6.42 Å². The van der Waals surface area contributed by atoms with Crippen LogP contribution in [0.4, 0.5) is 5.69 Å². The van der Waals surface area contributed by atoms with Crippen molar-refractivity contribution in [2.75, 3.05) is 0 Å². The average Bonchev–Trinajstić information content (AvgIpc) is 3.43. The Kier molecular flexibility index (Phi) is 4.30. The van der Waals surface area contributed by atoms with Crippen LogP contribution in [0.2, 0.25) is 0 Å². The highest BCUT2D eigenvalue weighted by atomic mass is 16.4. The van der Waals surface area contributed by atoms with Crippen LogP contribution < -0.4 is 0 Å². The molecule has 0 atom stereocenters. The zero-order valence-corrected chi connectivity index (χ0v) is 15.9. The summed E-state index contributed by atoms with van der Waals surface area (Å²) in [5.74, 6) is 0.491. The van der Waals surface area contributed by atoms with Gasteiger partial charge in [0.25, 0.3) is 0 Å². The van der Waals surface area contributed by atoms with Gasteiger partial charge in [-0.25, -0.2) is 14.5 Å². The molecule has 7 heteroatoms. The van der Waals surface area contributed by atoms with E-state index >= 15 is 0 Å². The fourth-order valence-electron chi connectivity index (χ4n) is 3.81. The zero-order chi connectivity index (χ0) is 20.5. The van der Waals surface area contributed by atoms with Crippen LogP contribution >= 0.6 is 0 Å². The fourth-order valence-corrected chi connectivity index (χ4v) is 3.81. The number of oxime groups is 1. The lowest BCUT2D eigenvalue weighted by Crippen LogP contribution is -1.98. The molecular formula is C23H16N6O. The minimum atomic E-state index is 0.436. The minimum absolute atomic E-state index is 0.436. The maximum absolute atomic E-state index is 9.21. The molecule has 0 bridgehead atoms. The summed E-state index contributed by atoms with van der Waals surface area (Å²) < 4.78 is 1.66. The Labute approximate surface area is 172 Å². The van der Waals surface area contributed by atoms with E-state index < -0.39 is 0 Å². The summed E-state index contributed by atoms with van der Waals surface area (Å²) in [6, 6.07) is 13.4. The number of fused-ring (bicyclic) bond motifs is 1. The molecule has 0 fully saturated rings. The van der Waals surface area contributed by atoms with Crippen molar-refractivity contribution < 1.29 is 5.21 Å². The van der Waals surface area contributed by atoms with Crippen LogP contribution in [0.15, 0.2) is 72.4 Å². The van der Waals surface area contributed by atoms with E-state index in [0.29, 0.717) is 11.5 Å². The molecule has 0 amide bonds. The molecule has 4 aromatic rings. The summed E-state index contributed by atoms with van der Waals surface area (Å²) in [5, 5.41) is 17.4. The Morgan fingerprint density at radius 2 is 1.87 bits per heavy atom. The van der Waals surface area contributed by atoms with Gasteiger partial charge in [-0.15, -0.1) is 0 Å². The van der Waals surface area contributed by atoms with Gasteiger partial charge in [0.2, 0.25) is 5.69 Å². The Morgan fingerprint density at radius 3 is 2.67 bits per heavy atom. The maximum atomic E-state index is 9.21. The van der Waals surface area contributed by atoms with Crippen molar-refractivity contribution in [1.29, 1.82) is 0 Å². The van der Waals surface area contributed by atoms with E-state index in [4.69, 9.17) is 11.7 Å². The lowest BCUT2D eigenvalue weighted by atomic mass is 9.98. The van der Waals surface area contributed by atoms with Crippen molar-refractivity contribution in [3.8, 4) is 28.2 Å². The standard InChI is InChI=1S/C23H16N6O/c1-24-21-3-2-10-26-23(21)29-14-19(22(27-29)15-8-11-25-12-9-15)17-4-6-18-16(13-17)5-7-20(18)28-30/h2-4,6,8-14,30H,5,7H2/b28-20+. The summed E-state index contributed by atoms with van der Waals surface area (Å²) >= 11 is 0. The van der Waals surface area contributed by atoms with E-state index in [1.54, 1.807) is 35.4 Å². The molecular weight excluding hydrogens is 376 g/mol. The second-order valence-electron chi connectivity index (χ2n) is 6.95. The van der Waals surface area contributed by atoms with E-state index in [1.165, 1.54) is 0 Å². The molecule has 1 aliphatic rings. The molecule has 1 aromatic carbocycles. The van der Waals surface area contributed by atoms with Crippen LogP contribution in [0.1, 0.15) is 17.5 Å². The van der Waals surface area contributed by atoms with Gasteiger partial charge in [-0.3, -0.25) is 4.98 Å². The predicted octanol–water partition coefficient (Wildman–Crippen LogP) is 4.67. The van der Waals surface area contributed by atoms with E-state index in [9.17, 15) is 5.21 Å². The van der Waals surface area contributed by atoms with Gasteiger partial charge in [-0.1, -0.05) is 35.5 Å². The highest BCUT2D eigenvalue weighted by molar-refractivity contribution is 6.04. The summed E-state index contributed by atoms with van der Waals surface area (Å²) in [7, 11) is 0. The maximum Gasteiger partial charge on any atom is 0.230 e. The first-order valence-electron chi connectivity index (χ1n) is 9.46. The molecule has 3 aromatic heterocycles. The third-order valence-electron chi connectivity index (χ3n) is 5.25. The Hall–Kier alpha value is -4.31. The smallest absolute Gasteiger partial charge is 0.230 e. The lowest BCUT2D eigenvalue weighted by Gasteiger charge is -2.05. The van der Waals surface area contributed by atoms with Crippen LogP contribution in [0, 0.1) is 6.57 Å². The van der Waals surface area contributed by atoms with Gasteiger partial charge in [-0.2, -0.15) is 5.10 Å². The molecule has 0 spiro atoms. The van der Waals surface area contributed by atoms with Crippen molar-refractivity contribution in [1.82, 2.24) is 19.7 Å². The van der Waals surface area contributed by atoms with Crippen LogP contribution in [0.25, 0.3) is 33.0 Å². The van der Waals surface area contributed by atoms with E-state index in [0.717, 1.165) is 52.1 Å². The second-order valence-corrected chi connectivity index (χ2v) is 6.95. The van der Waals surface area contributed by atoms with Gasteiger partial charge in [0.05, 0.1) is 12.3 Å². The third kappa shape index (κ3) is 2.91. The molecule has 5 rings (SSSR count). The van der Waals surface area contributed by atoms with E-state index in [-0.39, 0.29) is 0 Å². The summed E-state index contributed by atoms with van der Waals surface area (Å²) in [6.45, 7) is 7.45. The van der Waals surface area contributed by atoms with Crippen LogP contribution in [0.3, 0.4) is 0 Å². The largest absolute Gasteiger partial charge is 0.411 e. The molecule has 0 saturated carbocycles. The van der Waals surface area contributed by atoms with Gasteiger partial charge < -0.3 is 5.21 Å². The number of rotatable bonds is 3. The van der Waals surface area contributed by atoms with Gasteiger partial charge in [0.1, 0.15) is 5.69 Å². The van der Waals surface area contributed by atoms with E-state index in [2.05, 4.69) is 26.0 Å². The first-order valence-corrected chi connectivity index (χ1v) is 9.46. The molecule has 0 aliphatic heterocycles. The van der Waals surface area contributed by atoms with Crippen molar-refractivity contribution in [2.45, 2.75) is 12.8 Å². The van der Waals surface area contributed by atoms with Gasteiger partial charge in [-0.05, 0) is 36.1 Å². The number of aryl methyl sites for hydroxylation is 1. The van der Waals surface area contributed by atoms with Crippen molar-refractivity contribution in [3.63, 3.8) is 0 Å². The van der Waals surface area contributed by atoms with Gasteiger partial charge in [0.15, 0.2) is 5.82 Å². The quantitative estimate of drug-likeness (QED) is 0.312. The second kappa shape index (κ2) is 7.26. The SMILES string of the molecule is [C-]#[N+]c1cccnc1-n1cc(-c2ccc3c(c2)CC/C3=N\O)c(-c2ccncc2)n1. The number of pyridine rings is 2. The molecule has 7 nitrogen and oxygen atoms in total. The monoisotopic (exact) mass is 392 g/mol. The fraction of sp³-hybridized carbons (Fsp3) is 0.0870. The van der Waals surface area contributed by atoms with Crippen molar-refractivity contribution >= 4 is 11.4 Å². The third-order valence-corrected chi connectivity index (χ3v) is 5.25. The number of hydrogen-bond acceptors (Lipinski definition) is 5. The van der Waals surface area contributed by atoms with Crippen LogP contribution in [0.5, 0.6) is 0 Å². The lowest BCUT2D eigenvalue weighted by molar-refractivity contribution is 0.318. The minimum Gasteiger partial charge on any atom is -0.411 e. The normalized spacial score (nSPS) is 13.9. The molecule has 144 valence electrons. The highest BCUT2D eigenvalue weighted by Gasteiger charge is 2.21. The number of hydrogen-bond donors (Lipinski definition) is 1. The molecule has 1 N–H and O–H groups in total. The molecule has 30 heavy (non-hydrogen) atoms. The van der Waals surface area contributed by atoms with Crippen molar-refractivity contribution in [3.05, 3.63) is 89.8 Å². The summed E-state index contributed by atoms with van der Waals surface area (Å²) in [5.41, 5.74) is 6.94. The molecule has 0 radical (unpaired) electrons. The highest BCUT2D eigenvalue weighted by Crippen LogP contribution is 2.35. The first-order chi connectivity index (χ1) is 14.8. The summed E-state index contributed by atoms with van der Waals surface area (Å²) in [6.07, 6.45) is 8.59. The molecule has 3 heterocycles. The number of aromatic nitrogens is 4. The number of nitrogens with zero attached hydrogens (tertiary/aromatic N) is 6. The molecule has 0 saturated heterocycles. The number of benzene rings is 1. The Morgan fingerprint density at radius 1 is 1.00 bits per heavy atom. The zero-order valence-electron chi connectivity index (χ0n) is 15.9. The first kappa shape index (κ1) is 17.8.